The topological polar surface area (TPSA) is 75.7 Å². The van der Waals surface area contributed by atoms with E-state index in [1.165, 1.54) is 29.6 Å². The monoisotopic (exact) mass is 490 g/mol. The minimum absolute atomic E-state index is 0.214. The van der Waals surface area contributed by atoms with E-state index >= 15 is 0 Å². The summed E-state index contributed by atoms with van der Waals surface area (Å²) in [4.78, 5) is 12.8. The average molecular weight is 491 g/mol. The highest BCUT2D eigenvalue weighted by molar-refractivity contribution is 7.89. The summed E-state index contributed by atoms with van der Waals surface area (Å²) in [5, 5.41) is 3.50. The van der Waals surface area contributed by atoms with Crippen molar-refractivity contribution in [1.29, 1.82) is 0 Å². The Morgan fingerprint density at radius 2 is 1.72 bits per heavy atom. The van der Waals surface area contributed by atoms with Crippen molar-refractivity contribution in [1.82, 2.24) is 4.31 Å². The van der Waals surface area contributed by atoms with E-state index in [-0.39, 0.29) is 17.3 Å². The number of carbonyl (C=O) groups excluding carboxylic acids is 1. The summed E-state index contributed by atoms with van der Waals surface area (Å²) in [7, 11) is -2.12. The molecule has 0 aromatic heterocycles. The maximum absolute atomic E-state index is 13.1. The summed E-state index contributed by atoms with van der Waals surface area (Å²) in [6.07, 6.45) is 0.589. The molecule has 1 aliphatic heterocycles. The first-order valence-electron chi connectivity index (χ1n) is 9.80. The maximum atomic E-state index is 13.1. The molecule has 0 saturated heterocycles. The van der Waals surface area contributed by atoms with Gasteiger partial charge < -0.3 is 10.1 Å². The molecule has 0 fully saturated rings. The standard InChI is InChI=1S/C23H20Cl2N2O4S/c1-31-19-5-7-20(8-6-19)32(29,30)27-11-10-15-2-4-18(12-17(15)14-27)26-23(28)16-3-9-21(24)22(25)13-16/h2-9,12-13H,10-11,14H2,1H3,(H,26,28). The fraction of sp³-hybridized carbons (Fsp3) is 0.174. The van der Waals surface area contributed by atoms with Gasteiger partial charge in [-0.25, -0.2) is 8.42 Å². The number of amides is 1. The van der Waals surface area contributed by atoms with E-state index in [1.807, 2.05) is 12.1 Å². The van der Waals surface area contributed by atoms with Crippen LogP contribution in [-0.4, -0.2) is 32.3 Å². The van der Waals surface area contributed by atoms with Gasteiger partial charge in [-0.3, -0.25) is 4.79 Å². The number of hydrogen-bond acceptors (Lipinski definition) is 4. The Balaban J connectivity index is 1.53. The minimum Gasteiger partial charge on any atom is -0.497 e. The summed E-state index contributed by atoms with van der Waals surface area (Å²) in [5.74, 6) is 0.261. The first kappa shape index (κ1) is 22.6. The minimum atomic E-state index is -3.65. The quantitative estimate of drug-likeness (QED) is 0.545. The number of sulfonamides is 1. The first-order valence-corrected chi connectivity index (χ1v) is 12.0. The van der Waals surface area contributed by atoms with Crippen LogP contribution in [-0.2, 0) is 23.0 Å². The van der Waals surface area contributed by atoms with Crippen LogP contribution in [0, 0.1) is 0 Å². The lowest BCUT2D eigenvalue weighted by Gasteiger charge is -2.28. The van der Waals surface area contributed by atoms with Gasteiger partial charge in [-0.15, -0.1) is 0 Å². The van der Waals surface area contributed by atoms with E-state index in [1.54, 1.807) is 30.3 Å². The molecule has 0 saturated carbocycles. The van der Waals surface area contributed by atoms with E-state index in [9.17, 15) is 13.2 Å². The Labute approximate surface area is 196 Å². The van der Waals surface area contributed by atoms with Crippen LogP contribution in [0.5, 0.6) is 5.75 Å². The van der Waals surface area contributed by atoms with E-state index in [2.05, 4.69) is 5.32 Å². The number of nitrogens with zero attached hydrogens (tertiary/aromatic N) is 1. The van der Waals surface area contributed by atoms with Gasteiger partial charge >= 0.3 is 0 Å². The van der Waals surface area contributed by atoms with Gasteiger partial charge in [0.2, 0.25) is 10.0 Å². The number of halogens is 2. The molecule has 1 amide bonds. The lowest BCUT2D eigenvalue weighted by molar-refractivity contribution is 0.102. The van der Waals surface area contributed by atoms with Gasteiger partial charge in [0.15, 0.2) is 0 Å². The number of nitrogens with one attached hydrogen (secondary N) is 1. The molecule has 0 spiro atoms. The number of fused-ring (bicyclic) bond motifs is 1. The van der Waals surface area contributed by atoms with Crippen molar-refractivity contribution < 1.29 is 17.9 Å². The van der Waals surface area contributed by atoms with E-state index in [0.717, 1.165) is 11.1 Å². The third-order valence-electron chi connectivity index (χ3n) is 5.32. The Kier molecular flexibility index (Phi) is 6.44. The zero-order valence-electron chi connectivity index (χ0n) is 17.1. The first-order chi connectivity index (χ1) is 15.3. The fourth-order valence-corrected chi connectivity index (χ4v) is 5.27. The van der Waals surface area contributed by atoms with E-state index in [0.29, 0.717) is 40.0 Å². The van der Waals surface area contributed by atoms with Crippen LogP contribution in [0.1, 0.15) is 21.5 Å². The van der Waals surface area contributed by atoms with Gasteiger partial charge in [-0.2, -0.15) is 4.31 Å². The Hall–Kier alpha value is -2.58. The number of anilines is 1. The summed E-state index contributed by atoms with van der Waals surface area (Å²) in [6, 6.07) is 16.5. The van der Waals surface area contributed by atoms with Crippen molar-refractivity contribution in [2.75, 3.05) is 19.0 Å². The van der Waals surface area contributed by atoms with Gasteiger partial charge in [-0.1, -0.05) is 29.3 Å². The lowest BCUT2D eigenvalue weighted by atomic mass is 10.0. The number of methoxy groups -OCH3 is 1. The van der Waals surface area contributed by atoms with Gasteiger partial charge in [0.1, 0.15) is 5.75 Å². The van der Waals surface area contributed by atoms with Crippen molar-refractivity contribution in [3.8, 4) is 5.75 Å². The summed E-state index contributed by atoms with van der Waals surface area (Å²) in [6.45, 7) is 0.608. The SMILES string of the molecule is COc1ccc(S(=O)(=O)N2CCc3ccc(NC(=O)c4ccc(Cl)c(Cl)c4)cc3C2)cc1. The molecule has 0 radical (unpaired) electrons. The van der Waals surface area contributed by atoms with Crippen LogP contribution >= 0.6 is 23.2 Å². The molecule has 0 aliphatic carbocycles. The molecule has 1 heterocycles. The predicted octanol–water partition coefficient (Wildman–Crippen LogP) is 5.00. The molecule has 0 bridgehead atoms. The molecule has 6 nitrogen and oxygen atoms in total. The van der Waals surface area contributed by atoms with Crippen LogP contribution in [0.15, 0.2) is 65.6 Å². The fourth-order valence-electron chi connectivity index (χ4n) is 3.55. The number of carbonyl (C=O) groups is 1. The average Bonchev–Trinajstić information content (AvgIpc) is 2.80. The lowest BCUT2D eigenvalue weighted by Crippen LogP contribution is -2.36. The van der Waals surface area contributed by atoms with Crippen LogP contribution in [0.3, 0.4) is 0 Å². The number of benzene rings is 3. The second-order valence-electron chi connectivity index (χ2n) is 7.33. The van der Waals surface area contributed by atoms with Crippen molar-refractivity contribution in [3.63, 3.8) is 0 Å². The van der Waals surface area contributed by atoms with Crippen molar-refractivity contribution >= 4 is 44.8 Å². The van der Waals surface area contributed by atoms with Crippen molar-refractivity contribution in [3.05, 3.63) is 87.4 Å². The van der Waals surface area contributed by atoms with Crippen LogP contribution in [0.2, 0.25) is 10.0 Å². The van der Waals surface area contributed by atoms with Gasteiger partial charge in [0.25, 0.3) is 5.91 Å². The highest BCUT2D eigenvalue weighted by Gasteiger charge is 2.28. The molecular weight excluding hydrogens is 471 g/mol. The summed E-state index contributed by atoms with van der Waals surface area (Å²) in [5.41, 5.74) is 2.85. The predicted molar refractivity (Wildman–Crippen MR) is 125 cm³/mol. The van der Waals surface area contributed by atoms with Crippen molar-refractivity contribution in [2.45, 2.75) is 17.9 Å². The molecule has 1 N–H and O–H groups in total. The van der Waals surface area contributed by atoms with Crippen LogP contribution < -0.4 is 10.1 Å². The zero-order valence-corrected chi connectivity index (χ0v) is 19.5. The molecule has 9 heteroatoms. The van der Waals surface area contributed by atoms with E-state index in [4.69, 9.17) is 27.9 Å². The van der Waals surface area contributed by atoms with Gasteiger partial charge in [0.05, 0.1) is 22.1 Å². The second kappa shape index (κ2) is 9.11. The molecular formula is C23H20Cl2N2O4S. The molecule has 3 aromatic rings. The highest BCUT2D eigenvalue weighted by Crippen LogP contribution is 2.28. The number of hydrogen-bond donors (Lipinski definition) is 1. The Morgan fingerprint density at radius 1 is 0.969 bits per heavy atom. The molecule has 3 aromatic carbocycles. The third-order valence-corrected chi connectivity index (χ3v) is 7.92. The second-order valence-corrected chi connectivity index (χ2v) is 10.1. The maximum Gasteiger partial charge on any atom is 0.255 e. The normalized spacial score (nSPS) is 14.0. The van der Waals surface area contributed by atoms with Crippen LogP contribution in [0.4, 0.5) is 5.69 Å². The highest BCUT2D eigenvalue weighted by atomic mass is 35.5. The third kappa shape index (κ3) is 4.61. The Morgan fingerprint density at radius 3 is 2.41 bits per heavy atom. The number of rotatable bonds is 5. The molecule has 1 aliphatic rings. The zero-order chi connectivity index (χ0) is 22.9. The smallest absolute Gasteiger partial charge is 0.255 e. The van der Waals surface area contributed by atoms with Crippen molar-refractivity contribution in [2.24, 2.45) is 0 Å². The molecule has 32 heavy (non-hydrogen) atoms. The van der Waals surface area contributed by atoms with Gasteiger partial charge in [0, 0.05) is 24.3 Å². The van der Waals surface area contributed by atoms with Gasteiger partial charge in [-0.05, 0) is 72.1 Å². The largest absolute Gasteiger partial charge is 0.497 e. The number of ether oxygens (including phenoxy) is 1. The molecule has 4 rings (SSSR count). The van der Waals surface area contributed by atoms with Crippen LogP contribution in [0.25, 0.3) is 0 Å². The summed E-state index contributed by atoms with van der Waals surface area (Å²) < 4.78 is 32.7. The Bertz CT molecular complexity index is 1280. The summed E-state index contributed by atoms with van der Waals surface area (Å²) >= 11 is 11.9. The molecule has 0 unspecified atom stereocenters. The molecule has 0 atom stereocenters. The van der Waals surface area contributed by atoms with E-state index < -0.39 is 10.0 Å². The molecule has 166 valence electrons.